The van der Waals surface area contributed by atoms with E-state index in [9.17, 15) is 0 Å². The van der Waals surface area contributed by atoms with E-state index in [2.05, 4.69) is 96.5 Å². The zero-order valence-electron chi connectivity index (χ0n) is 12.5. The van der Waals surface area contributed by atoms with Crippen LogP contribution in [0.2, 0.25) is 0 Å². The Morgan fingerprint density at radius 1 is 0.591 bits per heavy atom. The summed E-state index contributed by atoms with van der Waals surface area (Å²) in [5, 5.41) is 1.28. The van der Waals surface area contributed by atoms with Gasteiger partial charge < -0.3 is 4.57 Å². The van der Waals surface area contributed by atoms with Crippen molar-refractivity contribution in [3.05, 3.63) is 84.9 Å². The highest BCUT2D eigenvalue weighted by molar-refractivity contribution is 5.87. The zero-order chi connectivity index (χ0) is 14.9. The normalized spacial score (nSPS) is 11.0. The van der Waals surface area contributed by atoms with E-state index in [1.54, 1.807) is 0 Å². The van der Waals surface area contributed by atoms with Gasteiger partial charge in [0.1, 0.15) is 0 Å². The van der Waals surface area contributed by atoms with E-state index < -0.39 is 0 Å². The topological polar surface area (TPSA) is 4.93 Å². The quantitative estimate of drug-likeness (QED) is 0.457. The zero-order valence-corrected chi connectivity index (χ0v) is 12.5. The molecule has 0 atom stereocenters. The van der Waals surface area contributed by atoms with Gasteiger partial charge in [-0.15, -0.1) is 0 Å². The molecule has 1 heterocycles. The number of hydrogen-bond donors (Lipinski definition) is 0. The molecule has 22 heavy (non-hydrogen) atoms. The molecule has 1 aromatic heterocycles. The Morgan fingerprint density at radius 3 is 2.09 bits per heavy atom. The van der Waals surface area contributed by atoms with Crippen LogP contribution in [0.5, 0.6) is 0 Å². The first kappa shape index (κ1) is 12.9. The van der Waals surface area contributed by atoms with Crippen molar-refractivity contribution in [2.75, 3.05) is 0 Å². The molecule has 0 fully saturated rings. The van der Waals surface area contributed by atoms with E-state index in [-0.39, 0.29) is 0 Å². The van der Waals surface area contributed by atoms with E-state index in [0.717, 1.165) is 0 Å². The summed E-state index contributed by atoms with van der Waals surface area (Å²) >= 11 is 0. The third kappa shape index (κ3) is 2.11. The molecule has 0 bridgehead atoms. The molecule has 0 aliphatic heterocycles. The van der Waals surface area contributed by atoms with Crippen LogP contribution in [0.15, 0.2) is 84.9 Å². The van der Waals surface area contributed by atoms with Gasteiger partial charge in [-0.2, -0.15) is 0 Å². The van der Waals surface area contributed by atoms with Crippen LogP contribution in [0.3, 0.4) is 0 Å². The Morgan fingerprint density at radius 2 is 1.27 bits per heavy atom. The predicted molar refractivity (Wildman–Crippen MR) is 93.8 cm³/mol. The summed E-state index contributed by atoms with van der Waals surface area (Å²) in [6.45, 7) is 0. The van der Waals surface area contributed by atoms with Gasteiger partial charge in [-0.1, -0.05) is 66.7 Å². The van der Waals surface area contributed by atoms with Crippen LogP contribution in [0.4, 0.5) is 0 Å². The summed E-state index contributed by atoms with van der Waals surface area (Å²) in [5.74, 6) is 0. The third-order valence-corrected chi connectivity index (χ3v) is 4.22. The highest BCUT2D eigenvalue weighted by Gasteiger charge is 2.08. The molecule has 1 heteroatoms. The molecule has 106 valence electrons. The molecule has 0 aliphatic rings. The Balaban J connectivity index is 1.87. The largest absolute Gasteiger partial charge is 0.344 e. The lowest BCUT2D eigenvalue weighted by molar-refractivity contribution is 0.978. The summed E-state index contributed by atoms with van der Waals surface area (Å²) in [4.78, 5) is 0. The molecule has 0 unspecified atom stereocenters. The average Bonchev–Trinajstić information content (AvgIpc) is 2.93. The number of nitrogens with zero attached hydrogens (tertiary/aromatic N) is 1. The maximum absolute atomic E-state index is 2.27. The van der Waals surface area contributed by atoms with Gasteiger partial charge in [0, 0.05) is 23.6 Å². The molecule has 1 nitrogen and oxygen atoms in total. The molecular formula is C21H17N. The van der Waals surface area contributed by atoms with E-state index in [4.69, 9.17) is 0 Å². The number of fused-ring (bicyclic) bond motifs is 1. The molecule has 0 N–H and O–H groups in total. The monoisotopic (exact) mass is 283 g/mol. The van der Waals surface area contributed by atoms with Gasteiger partial charge in [-0.25, -0.2) is 0 Å². The molecule has 3 aromatic carbocycles. The van der Waals surface area contributed by atoms with Crippen molar-refractivity contribution in [1.82, 2.24) is 4.57 Å². The number of para-hydroxylation sites is 1. The molecule has 0 aliphatic carbocycles. The minimum absolute atomic E-state index is 1.25. The standard InChI is InChI=1S/C21H17N/c1-22-20-13-6-5-10-19(20)15-21(22)18-12-7-11-17(14-18)16-8-3-2-4-9-16/h2-15H,1H3. The summed E-state index contributed by atoms with van der Waals surface area (Å²) in [6.07, 6.45) is 0. The van der Waals surface area contributed by atoms with Crippen LogP contribution < -0.4 is 0 Å². The first-order chi connectivity index (χ1) is 10.8. The first-order valence-electron chi connectivity index (χ1n) is 7.53. The van der Waals surface area contributed by atoms with Crippen LogP contribution in [0.1, 0.15) is 0 Å². The van der Waals surface area contributed by atoms with Gasteiger partial charge in [0.25, 0.3) is 0 Å². The molecule has 0 saturated carbocycles. The SMILES string of the molecule is Cn1c(-c2cccc(-c3ccccc3)c2)cc2ccccc21. The highest BCUT2D eigenvalue weighted by atomic mass is 14.9. The summed E-state index contributed by atoms with van der Waals surface area (Å²) < 4.78 is 2.26. The second-order valence-corrected chi connectivity index (χ2v) is 5.59. The van der Waals surface area contributed by atoms with Crippen molar-refractivity contribution in [3.63, 3.8) is 0 Å². The van der Waals surface area contributed by atoms with E-state index >= 15 is 0 Å². The summed E-state index contributed by atoms with van der Waals surface area (Å²) in [7, 11) is 2.13. The van der Waals surface area contributed by atoms with Gasteiger partial charge in [0.15, 0.2) is 0 Å². The van der Waals surface area contributed by atoms with E-state index in [0.29, 0.717) is 0 Å². The summed E-state index contributed by atoms with van der Waals surface area (Å²) in [5.41, 5.74) is 6.27. The minimum atomic E-state index is 1.25. The highest BCUT2D eigenvalue weighted by Crippen LogP contribution is 2.30. The smallest absolute Gasteiger partial charge is 0.0488 e. The second-order valence-electron chi connectivity index (χ2n) is 5.59. The number of benzene rings is 3. The maximum Gasteiger partial charge on any atom is 0.0488 e. The number of rotatable bonds is 2. The Labute approximate surface area is 130 Å². The molecule has 0 amide bonds. The lowest BCUT2D eigenvalue weighted by atomic mass is 10.0. The number of aromatic nitrogens is 1. The lowest BCUT2D eigenvalue weighted by Crippen LogP contribution is -1.91. The lowest BCUT2D eigenvalue weighted by Gasteiger charge is -2.07. The van der Waals surface area contributed by atoms with Crippen molar-refractivity contribution in [3.8, 4) is 22.4 Å². The van der Waals surface area contributed by atoms with E-state index in [1.165, 1.54) is 33.3 Å². The Bertz CT molecular complexity index is 932. The Kier molecular flexibility index (Phi) is 3.05. The van der Waals surface area contributed by atoms with Crippen LogP contribution in [0, 0.1) is 0 Å². The van der Waals surface area contributed by atoms with Crippen molar-refractivity contribution in [2.24, 2.45) is 7.05 Å². The molecule has 4 aromatic rings. The molecule has 0 spiro atoms. The fourth-order valence-corrected chi connectivity index (χ4v) is 3.05. The van der Waals surface area contributed by atoms with Crippen molar-refractivity contribution < 1.29 is 0 Å². The van der Waals surface area contributed by atoms with Crippen molar-refractivity contribution in [2.45, 2.75) is 0 Å². The van der Waals surface area contributed by atoms with Crippen LogP contribution in [0.25, 0.3) is 33.3 Å². The van der Waals surface area contributed by atoms with Gasteiger partial charge in [-0.05, 0) is 34.9 Å². The summed E-state index contributed by atoms with van der Waals surface area (Å²) in [6, 6.07) is 30.1. The van der Waals surface area contributed by atoms with E-state index in [1.807, 2.05) is 0 Å². The number of aryl methyl sites for hydroxylation is 1. The van der Waals surface area contributed by atoms with Gasteiger partial charge in [0.2, 0.25) is 0 Å². The fraction of sp³-hybridized carbons (Fsp3) is 0.0476. The van der Waals surface area contributed by atoms with Crippen LogP contribution in [-0.2, 0) is 7.05 Å². The molecular weight excluding hydrogens is 266 g/mol. The van der Waals surface area contributed by atoms with Crippen LogP contribution >= 0.6 is 0 Å². The second kappa shape index (κ2) is 5.19. The maximum atomic E-state index is 2.27. The Hall–Kier alpha value is -2.80. The predicted octanol–water partition coefficient (Wildman–Crippen LogP) is 5.51. The van der Waals surface area contributed by atoms with Crippen molar-refractivity contribution >= 4 is 10.9 Å². The first-order valence-corrected chi connectivity index (χ1v) is 7.53. The minimum Gasteiger partial charge on any atom is -0.344 e. The number of hydrogen-bond acceptors (Lipinski definition) is 0. The average molecular weight is 283 g/mol. The molecule has 0 saturated heterocycles. The van der Waals surface area contributed by atoms with Gasteiger partial charge in [0.05, 0.1) is 0 Å². The molecule has 0 radical (unpaired) electrons. The van der Waals surface area contributed by atoms with Crippen molar-refractivity contribution in [1.29, 1.82) is 0 Å². The van der Waals surface area contributed by atoms with Gasteiger partial charge >= 0.3 is 0 Å². The van der Waals surface area contributed by atoms with Gasteiger partial charge in [-0.3, -0.25) is 0 Å². The van der Waals surface area contributed by atoms with Crippen LogP contribution in [-0.4, -0.2) is 4.57 Å². The third-order valence-electron chi connectivity index (χ3n) is 4.22. The molecule has 4 rings (SSSR count). The fourth-order valence-electron chi connectivity index (χ4n) is 3.05.